The molecule has 1 rings (SSSR count). The van der Waals surface area contributed by atoms with E-state index in [1.807, 2.05) is 0 Å². The third-order valence-corrected chi connectivity index (χ3v) is 2.15. The molecule has 2 N–H and O–H groups in total. The molecule has 0 aliphatic rings. The Morgan fingerprint density at radius 2 is 2.00 bits per heavy atom. The smallest absolute Gasteiger partial charge is 0.130 e. The zero-order valence-electron chi connectivity index (χ0n) is 8.80. The van der Waals surface area contributed by atoms with Gasteiger partial charge in [-0.1, -0.05) is 6.07 Å². The summed E-state index contributed by atoms with van der Waals surface area (Å²) in [6, 6.07) is 3.24. The average molecular weight is 215 g/mol. The van der Waals surface area contributed by atoms with Gasteiger partial charge in [-0.15, -0.1) is 0 Å². The molecule has 0 unspecified atom stereocenters. The van der Waals surface area contributed by atoms with E-state index in [9.17, 15) is 8.78 Å². The zero-order chi connectivity index (χ0) is 11.4. The van der Waals surface area contributed by atoms with E-state index >= 15 is 0 Å². The highest BCUT2D eigenvalue weighted by atomic mass is 19.1. The van der Waals surface area contributed by atoms with Crippen molar-refractivity contribution in [2.45, 2.75) is 26.0 Å². The molecule has 2 atom stereocenters. The van der Waals surface area contributed by atoms with Crippen LogP contribution in [-0.4, -0.2) is 17.8 Å². The number of rotatable bonds is 4. The van der Waals surface area contributed by atoms with Crippen molar-refractivity contribution in [2.24, 2.45) is 0 Å². The summed E-state index contributed by atoms with van der Waals surface area (Å²) < 4.78 is 25.9. The molecule has 84 valence electrons. The maximum Gasteiger partial charge on any atom is 0.130 e. The summed E-state index contributed by atoms with van der Waals surface area (Å²) in [5.41, 5.74) is 0.400. The first-order chi connectivity index (χ1) is 7.00. The van der Waals surface area contributed by atoms with Crippen LogP contribution in [0, 0.1) is 11.6 Å². The number of aliphatic hydroxyl groups is 1. The fourth-order valence-electron chi connectivity index (χ4n) is 1.31. The van der Waals surface area contributed by atoms with Crippen molar-refractivity contribution in [3.05, 3.63) is 35.4 Å². The molecule has 0 aliphatic heterocycles. The van der Waals surface area contributed by atoms with Crippen LogP contribution in [0.3, 0.4) is 0 Å². The Morgan fingerprint density at radius 1 is 1.33 bits per heavy atom. The number of nitrogens with one attached hydrogen (secondary N) is 1. The van der Waals surface area contributed by atoms with Gasteiger partial charge >= 0.3 is 0 Å². The Kier molecular flexibility index (Phi) is 4.17. The van der Waals surface area contributed by atoms with Crippen LogP contribution in [0.25, 0.3) is 0 Å². The lowest BCUT2D eigenvalue weighted by Crippen LogP contribution is -2.27. The molecule has 1 aromatic carbocycles. The van der Waals surface area contributed by atoms with Crippen molar-refractivity contribution in [3.8, 4) is 0 Å². The minimum Gasteiger partial charge on any atom is -0.392 e. The van der Waals surface area contributed by atoms with E-state index in [-0.39, 0.29) is 6.04 Å². The molecule has 4 heteroatoms. The Hall–Kier alpha value is -1.00. The predicted octanol–water partition coefficient (Wildman–Crippen LogP) is 2.00. The summed E-state index contributed by atoms with van der Waals surface area (Å²) in [5, 5.41) is 12.0. The van der Waals surface area contributed by atoms with Gasteiger partial charge in [-0.3, -0.25) is 0 Å². The first kappa shape index (κ1) is 12.1. The van der Waals surface area contributed by atoms with Crippen molar-refractivity contribution in [3.63, 3.8) is 0 Å². The van der Waals surface area contributed by atoms with E-state index < -0.39 is 17.7 Å². The minimum atomic E-state index is -0.584. The fraction of sp³-hybridized carbons (Fsp3) is 0.455. The van der Waals surface area contributed by atoms with E-state index in [0.717, 1.165) is 6.07 Å². The summed E-state index contributed by atoms with van der Waals surface area (Å²) in [6.45, 7) is 3.78. The third kappa shape index (κ3) is 3.57. The molecule has 0 radical (unpaired) electrons. The Bertz CT molecular complexity index is 328. The summed E-state index contributed by atoms with van der Waals surface area (Å²) in [6.07, 6.45) is -0.490. The number of benzene rings is 1. The van der Waals surface area contributed by atoms with Gasteiger partial charge in [0.05, 0.1) is 6.10 Å². The lowest BCUT2D eigenvalue weighted by molar-refractivity contribution is 0.187. The van der Waals surface area contributed by atoms with Crippen LogP contribution in [0.2, 0.25) is 0 Å². The standard InChI is InChI=1S/C11H15F2NO/c1-7(15)6-14-8(2)10-4-3-9(12)5-11(10)13/h3-5,7-8,14-15H,6H2,1-2H3/t7-,8-/m0/s1. The Balaban J connectivity index is 2.69. The van der Waals surface area contributed by atoms with Gasteiger partial charge in [0.1, 0.15) is 11.6 Å². The molecule has 0 bridgehead atoms. The second kappa shape index (κ2) is 5.19. The highest BCUT2D eigenvalue weighted by Crippen LogP contribution is 2.17. The van der Waals surface area contributed by atoms with Gasteiger partial charge in [0.25, 0.3) is 0 Å². The molecule has 2 nitrogen and oxygen atoms in total. The van der Waals surface area contributed by atoms with Crippen molar-refractivity contribution in [2.75, 3.05) is 6.54 Å². The molecule has 0 saturated heterocycles. The monoisotopic (exact) mass is 215 g/mol. The highest BCUT2D eigenvalue weighted by Gasteiger charge is 2.11. The van der Waals surface area contributed by atoms with Gasteiger partial charge in [0, 0.05) is 24.2 Å². The van der Waals surface area contributed by atoms with Crippen LogP contribution in [-0.2, 0) is 0 Å². The molecule has 0 aliphatic carbocycles. The number of hydrogen-bond donors (Lipinski definition) is 2. The molecule has 0 spiro atoms. The molecule has 0 fully saturated rings. The van der Waals surface area contributed by atoms with Gasteiger partial charge in [-0.2, -0.15) is 0 Å². The number of halogens is 2. The van der Waals surface area contributed by atoms with Crippen LogP contribution < -0.4 is 5.32 Å². The lowest BCUT2D eigenvalue weighted by Gasteiger charge is -2.16. The highest BCUT2D eigenvalue weighted by molar-refractivity contribution is 5.21. The van der Waals surface area contributed by atoms with Crippen LogP contribution in [0.4, 0.5) is 8.78 Å². The first-order valence-corrected chi connectivity index (χ1v) is 4.87. The van der Waals surface area contributed by atoms with E-state index in [1.165, 1.54) is 12.1 Å². The summed E-state index contributed by atoms with van der Waals surface area (Å²) in [4.78, 5) is 0. The Morgan fingerprint density at radius 3 is 2.53 bits per heavy atom. The minimum absolute atomic E-state index is 0.250. The molecular weight excluding hydrogens is 200 g/mol. The quantitative estimate of drug-likeness (QED) is 0.805. The van der Waals surface area contributed by atoms with Crippen LogP contribution in [0.5, 0.6) is 0 Å². The summed E-state index contributed by atoms with van der Waals surface area (Å²) >= 11 is 0. The second-order valence-electron chi connectivity index (χ2n) is 3.64. The van der Waals surface area contributed by atoms with E-state index in [4.69, 9.17) is 5.11 Å². The maximum atomic E-state index is 13.3. The van der Waals surface area contributed by atoms with Gasteiger partial charge < -0.3 is 10.4 Å². The lowest BCUT2D eigenvalue weighted by atomic mass is 10.1. The van der Waals surface area contributed by atoms with Gasteiger partial charge in [0.2, 0.25) is 0 Å². The van der Waals surface area contributed by atoms with Crippen LogP contribution >= 0.6 is 0 Å². The third-order valence-electron chi connectivity index (χ3n) is 2.15. The van der Waals surface area contributed by atoms with E-state index in [1.54, 1.807) is 13.8 Å². The van der Waals surface area contributed by atoms with Gasteiger partial charge in [-0.05, 0) is 19.9 Å². The second-order valence-corrected chi connectivity index (χ2v) is 3.64. The van der Waals surface area contributed by atoms with Crippen LogP contribution in [0.1, 0.15) is 25.5 Å². The molecular formula is C11H15F2NO. The van der Waals surface area contributed by atoms with E-state index in [0.29, 0.717) is 12.1 Å². The molecule has 0 saturated carbocycles. The molecule has 0 heterocycles. The van der Waals surface area contributed by atoms with Crippen molar-refractivity contribution in [1.82, 2.24) is 5.32 Å². The normalized spacial score (nSPS) is 15.0. The Labute approximate surface area is 87.9 Å². The largest absolute Gasteiger partial charge is 0.392 e. The topological polar surface area (TPSA) is 32.3 Å². The first-order valence-electron chi connectivity index (χ1n) is 4.87. The van der Waals surface area contributed by atoms with Gasteiger partial charge in [0.15, 0.2) is 0 Å². The molecule has 1 aromatic rings. The summed E-state index contributed by atoms with van der Waals surface area (Å²) in [5.74, 6) is -1.15. The van der Waals surface area contributed by atoms with Crippen LogP contribution in [0.15, 0.2) is 18.2 Å². The average Bonchev–Trinajstić information content (AvgIpc) is 2.14. The molecule has 15 heavy (non-hydrogen) atoms. The number of aliphatic hydroxyl groups excluding tert-OH is 1. The molecule has 0 aromatic heterocycles. The maximum absolute atomic E-state index is 13.3. The zero-order valence-corrected chi connectivity index (χ0v) is 8.80. The van der Waals surface area contributed by atoms with Gasteiger partial charge in [-0.25, -0.2) is 8.78 Å². The number of hydrogen-bond acceptors (Lipinski definition) is 2. The molecule has 0 amide bonds. The SMILES string of the molecule is C[C@H](O)CN[C@@H](C)c1ccc(F)cc1F. The van der Waals surface area contributed by atoms with Crippen molar-refractivity contribution in [1.29, 1.82) is 0 Å². The predicted molar refractivity (Wildman–Crippen MR) is 54.5 cm³/mol. The van der Waals surface area contributed by atoms with Crippen molar-refractivity contribution < 1.29 is 13.9 Å². The summed E-state index contributed by atoms with van der Waals surface area (Å²) in [7, 11) is 0. The van der Waals surface area contributed by atoms with Crippen molar-refractivity contribution >= 4 is 0 Å². The fourth-order valence-corrected chi connectivity index (χ4v) is 1.31. The van der Waals surface area contributed by atoms with E-state index in [2.05, 4.69) is 5.32 Å².